The zero-order chi connectivity index (χ0) is 31.1. The van der Waals surface area contributed by atoms with Gasteiger partial charge in [0.1, 0.15) is 0 Å². The average Bonchev–Trinajstić information content (AvgIpc) is 3.86. The lowest BCUT2D eigenvalue weighted by molar-refractivity contribution is 0.104. The molecule has 1 aromatic heterocycles. The molecule has 8 aromatic rings. The summed E-state index contributed by atoms with van der Waals surface area (Å²) < 4.78 is 2.22. The van der Waals surface area contributed by atoms with Gasteiger partial charge in [0, 0.05) is 27.5 Å². The van der Waals surface area contributed by atoms with E-state index >= 15 is 0 Å². The molecule has 0 N–H and O–H groups in total. The summed E-state index contributed by atoms with van der Waals surface area (Å²) in [5.41, 5.74) is 13.2. The number of ketones is 1. The lowest BCUT2D eigenvalue weighted by Gasteiger charge is -2.12. The Hall–Kier alpha value is -6.28. The van der Waals surface area contributed by atoms with Crippen molar-refractivity contribution in [1.29, 1.82) is 0 Å². The molecule has 0 radical (unpaired) electrons. The number of carbonyl (C=O) groups is 1. The van der Waals surface area contributed by atoms with E-state index in [1.54, 1.807) is 0 Å². The largest absolute Gasteiger partial charge is 0.293 e. The summed E-state index contributed by atoms with van der Waals surface area (Å²) in [6.45, 7) is 0. The Labute approximate surface area is 271 Å². The number of nitrogens with zero attached hydrogens (tertiary/aromatic N) is 2. The van der Waals surface area contributed by atoms with Gasteiger partial charge in [0.15, 0.2) is 11.6 Å². The van der Waals surface area contributed by atoms with Crippen LogP contribution in [0.1, 0.15) is 27.0 Å². The maximum Gasteiger partial charge on any atom is 0.194 e. The highest BCUT2D eigenvalue weighted by Gasteiger charge is 2.31. The van der Waals surface area contributed by atoms with Crippen LogP contribution in [0.3, 0.4) is 0 Å². The number of rotatable bonds is 4. The molecule has 1 heterocycles. The minimum absolute atomic E-state index is 0.0717. The first kappa shape index (κ1) is 26.0. The van der Waals surface area contributed by atoms with Crippen LogP contribution in [0, 0.1) is 0 Å². The summed E-state index contributed by atoms with van der Waals surface area (Å²) in [6.07, 6.45) is 2.76. The lowest BCUT2D eigenvalue weighted by Crippen LogP contribution is -2.11. The van der Waals surface area contributed by atoms with E-state index in [1.165, 1.54) is 16.3 Å². The molecule has 3 heteroatoms. The van der Waals surface area contributed by atoms with Gasteiger partial charge in [0.25, 0.3) is 0 Å². The van der Waals surface area contributed by atoms with Crippen molar-refractivity contribution < 1.29 is 4.79 Å². The van der Waals surface area contributed by atoms with Gasteiger partial charge in [-0.1, -0.05) is 109 Å². The second-order valence-corrected chi connectivity index (χ2v) is 12.4. The SMILES string of the molecule is O=C1c2cc3c(cc2-c2c1ccc1ccccc21)c1ccccc1n3/C(=N/c1ccccc1Cc1ccc2ccccc2c1)C1=C=C1. The fourth-order valence-corrected chi connectivity index (χ4v) is 7.38. The number of aliphatic imine (C=N–C) groups is 1. The van der Waals surface area contributed by atoms with E-state index in [9.17, 15) is 4.79 Å². The minimum Gasteiger partial charge on any atom is -0.293 e. The second-order valence-electron chi connectivity index (χ2n) is 12.4. The maximum absolute atomic E-state index is 13.9. The van der Waals surface area contributed by atoms with Gasteiger partial charge in [-0.15, -0.1) is 5.73 Å². The Morgan fingerprint density at radius 2 is 1.32 bits per heavy atom. The molecular weight excluding hydrogens is 572 g/mol. The quantitative estimate of drug-likeness (QED) is 0.113. The summed E-state index contributed by atoms with van der Waals surface area (Å²) in [4.78, 5) is 19.3. The summed E-state index contributed by atoms with van der Waals surface area (Å²) in [5.74, 6) is 0.887. The minimum atomic E-state index is 0.0717. The summed E-state index contributed by atoms with van der Waals surface area (Å²) in [5, 5.41) is 6.96. The fourth-order valence-electron chi connectivity index (χ4n) is 7.38. The third-order valence-corrected chi connectivity index (χ3v) is 9.67. The van der Waals surface area contributed by atoms with Crippen LogP contribution in [0.25, 0.3) is 54.5 Å². The van der Waals surface area contributed by atoms with Gasteiger partial charge in [0.05, 0.1) is 22.3 Å². The van der Waals surface area contributed by atoms with Crippen LogP contribution < -0.4 is 0 Å². The second kappa shape index (κ2) is 9.86. The molecule has 0 amide bonds. The van der Waals surface area contributed by atoms with Crippen molar-refractivity contribution in [1.82, 2.24) is 4.57 Å². The van der Waals surface area contributed by atoms with Crippen LogP contribution in [0.15, 0.2) is 162 Å². The van der Waals surface area contributed by atoms with E-state index in [4.69, 9.17) is 4.99 Å². The number of fused-ring (bicyclic) bond motifs is 9. The number of hydrogen-bond donors (Lipinski definition) is 0. The highest BCUT2D eigenvalue weighted by Crippen LogP contribution is 2.45. The predicted octanol–water partition coefficient (Wildman–Crippen LogP) is 10.6. The topological polar surface area (TPSA) is 34.4 Å². The number of aromatic nitrogens is 1. The highest BCUT2D eigenvalue weighted by molar-refractivity contribution is 6.29. The third kappa shape index (κ3) is 4.01. The van der Waals surface area contributed by atoms with Crippen LogP contribution in [0.4, 0.5) is 5.69 Å². The summed E-state index contributed by atoms with van der Waals surface area (Å²) in [7, 11) is 0. The molecule has 47 heavy (non-hydrogen) atoms. The van der Waals surface area contributed by atoms with Gasteiger partial charge in [-0.05, 0) is 81.1 Å². The van der Waals surface area contributed by atoms with Crippen LogP contribution >= 0.6 is 0 Å². The predicted molar refractivity (Wildman–Crippen MR) is 193 cm³/mol. The molecule has 0 atom stereocenters. The molecule has 0 spiro atoms. The molecule has 0 fully saturated rings. The maximum atomic E-state index is 13.9. The van der Waals surface area contributed by atoms with Gasteiger partial charge in [0.2, 0.25) is 0 Å². The van der Waals surface area contributed by atoms with Crippen LogP contribution in [-0.2, 0) is 6.42 Å². The van der Waals surface area contributed by atoms with E-state index < -0.39 is 0 Å². The van der Waals surface area contributed by atoms with Gasteiger partial charge in [-0.3, -0.25) is 9.36 Å². The van der Waals surface area contributed by atoms with Gasteiger partial charge in [-0.25, -0.2) is 4.99 Å². The van der Waals surface area contributed by atoms with Crippen molar-refractivity contribution in [2.24, 2.45) is 4.99 Å². The van der Waals surface area contributed by atoms with E-state index in [0.717, 1.165) is 83.9 Å². The Bertz CT molecular complexity index is 2770. The molecule has 0 saturated carbocycles. The number of carbonyl (C=O) groups excluding carboxylic acids is 1. The van der Waals surface area contributed by atoms with Crippen molar-refractivity contribution in [3.05, 3.63) is 179 Å². The Morgan fingerprint density at radius 3 is 2.19 bits per heavy atom. The molecule has 2 aliphatic carbocycles. The zero-order valence-corrected chi connectivity index (χ0v) is 25.4. The van der Waals surface area contributed by atoms with Gasteiger partial charge in [-0.2, -0.15) is 0 Å². The Kier molecular flexibility index (Phi) is 5.45. The standard InChI is InChI=1S/C44H26N2O/c47-43-35-22-21-29-10-3-5-13-33(29)42(35)37-25-36-34-14-6-8-16-40(34)46(41(36)26-38(37)43)44(30-19-20-30)45-39-15-7-4-12-32(39)24-27-17-18-28-9-1-2-11-31(28)23-27/h1-19,21-23,25-26H,24H2/b45-44+. The monoisotopic (exact) mass is 598 g/mol. The zero-order valence-electron chi connectivity index (χ0n) is 25.4. The fraction of sp³-hybridized carbons (Fsp3) is 0.0227. The first-order valence-electron chi connectivity index (χ1n) is 16.0. The smallest absolute Gasteiger partial charge is 0.194 e. The molecule has 3 nitrogen and oxygen atoms in total. The number of para-hydroxylation sites is 2. The molecule has 0 bridgehead atoms. The van der Waals surface area contributed by atoms with Crippen LogP contribution in [0.2, 0.25) is 0 Å². The van der Waals surface area contributed by atoms with Crippen molar-refractivity contribution in [3.63, 3.8) is 0 Å². The first-order valence-corrected chi connectivity index (χ1v) is 16.0. The van der Waals surface area contributed by atoms with E-state index in [-0.39, 0.29) is 5.78 Å². The van der Waals surface area contributed by atoms with Crippen LogP contribution in [0.5, 0.6) is 0 Å². The summed E-state index contributed by atoms with van der Waals surface area (Å²) in [6, 6.07) is 48.7. The van der Waals surface area contributed by atoms with Crippen molar-refractivity contribution >= 4 is 60.7 Å². The van der Waals surface area contributed by atoms with E-state index in [2.05, 4.69) is 126 Å². The van der Waals surface area contributed by atoms with Crippen molar-refractivity contribution in [2.45, 2.75) is 6.42 Å². The van der Waals surface area contributed by atoms with Gasteiger partial charge < -0.3 is 0 Å². The number of hydrogen-bond acceptors (Lipinski definition) is 2. The third-order valence-electron chi connectivity index (χ3n) is 9.67. The normalized spacial score (nSPS) is 13.5. The molecule has 0 saturated heterocycles. The molecule has 218 valence electrons. The number of allylic oxidation sites excluding steroid dienone is 1. The van der Waals surface area contributed by atoms with Crippen molar-refractivity contribution in [3.8, 4) is 11.1 Å². The van der Waals surface area contributed by atoms with Crippen LogP contribution in [-0.4, -0.2) is 16.2 Å². The Morgan fingerprint density at radius 1 is 0.596 bits per heavy atom. The van der Waals surface area contributed by atoms with Gasteiger partial charge >= 0.3 is 0 Å². The Balaban J connectivity index is 1.17. The molecule has 7 aromatic carbocycles. The van der Waals surface area contributed by atoms with Crippen molar-refractivity contribution in [2.75, 3.05) is 0 Å². The first-order chi connectivity index (χ1) is 23.2. The molecule has 10 rings (SSSR count). The molecule has 0 aliphatic heterocycles. The average molecular weight is 599 g/mol. The van der Waals surface area contributed by atoms with E-state index in [0.29, 0.717) is 0 Å². The number of benzene rings is 7. The molecular formula is C44H26N2O. The highest BCUT2D eigenvalue weighted by atomic mass is 16.1. The molecule has 2 aliphatic rings. The summed E-state index contributed by atoms with van der Waals surface area (Å²) >= 11 is 0. The lowest BCUT2D eigenvalue weighted by atomic mass is 9.97. The molecule has 0 unspecified atom stereocenters. The van der Waals surface area contributed by atoms with E-state index in [1.807, 2.05) is 30.3 Å².